The maximum absolute atomic E-state index is 5.72. The summed E-state index contributed by atoms with van der Waals surface area (Å²) in [5.74, 6) is 1.91. The van der Waals surface area contributed by atoms with Gasteiger partial charge in [-0.1, -0.05) is 6.07 Å². The minimum Gasteiger partial charge on any atom is -0.384 e. The molecule has 3 heterocycles. The third-order valence-corrected chi connectivity index (χ3v) is 3.97. The molecule has 5 nitrogen and oxygen atoms in total. The number of rotatable bonds is 4. The fourth-order valence-corrected chi connectivity index (χ4v) is 2.90. The molecule has 0 amide bonds. The first-order valence-electron chi connectivity index (χ1n) is 5.95. The highest BCUT2D eigenvalue weighted by atomic mass is 32.1. The lowest BCUT2D eigenvalue weighted by Gasteiger charge is -2.14. The van der Waals surface area contributed by atoms with Crippen LogP contribution < -0.4 is 0 Å². The van der Waals surface area contributed by atoms with Crippen LogP contribution in [0, 0.1) is 5.92 Å². The monoisotopic (exact) mass is 265 g/mol. The maximum atomic E-state index is 5.72. The molecule has 1 fully saturated rings. The molecule has 1 aliphatic heterocycles. The number of nitrogens with one attached hydrogen (secondary N) is 1. The van der Waals surface area contributed by atoms with E-state index in [4.69, 9.17) is 9.47 Å². The highest BCUT2D eigenvalue weighted by molar-refractivity contribution is 7.13. The van der Waals surface area contributed by atoms with Gasteiger partial charge in [0.15, 0.2) is 11.6 Å². The Morgan fingerprint density at radius 2 is 2.56 bits per heavy atom. The van der Waals surface area contributed by atoms with E-state index in [1.54, 1.807) is 18.4 Å². The van der Waals surface area contributed by atoms with Crippen LogP contribution in [0.5, 0.6) is 0 Å². The number of hydrogen-bond donors (Lipinski definition) is 1. The van der Waals surface area contributed by atoms with Gasteiger partial charge >= 0.3 is 0 Å². The largest absolute Gasteiger partial charge is 0.384 e. The number of hydrogen-bond acceptors (Lipinski definition) is 5. The van der Waals surface area contributed by atoms with Gasteiger partial charge in [0, 0.05) is 19.6 Å². The van der Waals surface area contributed by atoms with Gasteiger partial charge in [0.1, 0.15) is 6.10 Å². The lowest BCUT2D eigenvalue weighted by molar-refractivity contribution is 0.0539. The summed E-state index contributed by atoms with van der Waals surface area (Å²) in [5.41, 5.74) is 0. The van der Waals surface area contributed by atoms with Gasteiger partial charge in [0.05, 0.1) is 11.5 Å². The number of ether oxygens (including phenoxy) is 2. The predicted molar refractivity (Wildman–Crippen MR) is 68.4 cm³/mol. The standard InChI is InChI=1S/C12H15N3O2S/c1-16-7-8-4-5-17-10(8)12-13-11(14-15-12)9-3-2-6-18-9/h2-3,6,8,10H,4-5,7H2,1H3,(H,13,14,15)/t8-,10-/m0/s1. The lowest BCUT2D eigenvalue weighted by Crippen LogP contribution is -2.14. The zero-order valence-corrected chi connectivity index (χ0v) is 10.9. The van der Waals surface area contributed by atoms with Gasteiger partial charge in [-0.25, -0.2) is 4.98 Å². The second kappa shape index (κ2) is 5.17. The second-order valence-electron chi connectivity index (χ2n) is 4.32. The van der Waals surface area contributed by atoms with Crippen LogP contribution in [0.2, 0.25) is 0 Å². The molecule has 2 atom stereocenters. The SMILES string of the molecule is COC[C@@H]1CCO[C@@H]1c1nc(-c2cccs2)n[nH]1. The van der Waals surface area contributed by atoms with E-state index in [-0.39, 0.29) is 6.10 Å². The van der Waals surface area contributed by atoms with Crippen molar-refractivity contribution in [2.75, 3.05) is 20.3 Å². The molecule has 0 saturated carbocycles. The number of nitrogens with zero attached hydrogens (tertiary/aromatic N) is 2. The van der Waals surface area contributed by atoms with E-state index in [2.05, 4.69) is 15.2 Å². The van der Waals surface area contributed by atoms with Crippen LogP contribution in [0.1, 0.15) is 18.3 Å². The Balaban J connectivity index is 1.80. The van der Waals surface area contributed by atoms with Crippen molar-refractivity contribution in [1.82, 2.24) is 15.2 Å². The molecule has 0 aliphatic carbocycles. The van der Waals surface area contributed by atoms with Crippen LogP contribution >= 0.6 is 11.3 Å². The highest BCUT2D eigenvalue weighted by Crippen LogP contribution is 2.33. The molecule has 1 aliphatic rings. The van der Waals surface area contributed by atoms with Gasteiger partial charge in [-0.3, -0.25) is 5.10 Å². The highest BCUT2D eigenvalue weighted by Gasteiger charge is 2.32. The number of methoxy groups -OCH3 is 1. The van der Waals surface area contributed by atoms with E-state index >= 15 is 0 Å². The number of aromatic nitrogens is 3. The Morgan fingerprint density at radius 3 is 3.33 bits per heavy atom. The zero-order valence-electron chi connectivity index (χ0n) is 10.1. The van der Waals surface area contributed by atoms with Crippen molar-refractivity contribution in [1.29, 1.82) is 0 Å². The summed E-state index contributed by atoms with van der Waals surface area (Å²) in [4.78, 5) is 5.60. The van der Waals surface area contributed by atoms with Gasteiger partial charge in [-0.2, -0.15) is 5.10 Å². The molecular weight excluding hydrogens is 250 g/mol. The summed E-state index contributed by atoms with van der Waals surface area (Å²) in [5, 5.41) is 9.26. The smallest absolute Gasteiger partial charge is 0.191 e. The number of aromatic amines is 1. The fraction of sp³-hybridized carbons (Fsp3) is 0.500. The molecule has 0 unspecified atom stereocenters. The Bertz CT molecular complexity index is 497. The fourth-order valence-electron chi connectivity index (χ4n) is 2.24. The summed E-state index contributed by atoms with van der Waals surface area (Å²) in [6.45, 7) is 1.45. The molecule has 0 spiro atoms. The quantitative estimate of drug-likeness (QED) is 0.921. The third kappa shape index (κ3) is 2.19. The Hall–Kier alpha value is -1.24. The Morgan fingerprint density at radius 1 is 1.61 bits per heavy atom. The molecule has 18 heavy (non-hydrogen) atoms. The summed E-state index contributed by atoms with van der Waals surface area (Å²) in [6.07, 6.45) is 0.985. The normalized spacial score (nSPS) is 23.6. The number of thiophene rings is 1. The van der Waals surface area contributed by atoms with Crippen molar-refractivity contribution in [2.45, 2.75) is 12.5 Å². The van der Waals surface area contributed by atoms with Crippen molar-refractivity contribution in [3.8, 4) is 10.7 Å². The van der Waals surface area contributed by atoms with Gasteiger partial charge in [0.2, 0.25) is 0 Å². The number of H-pyrrole nitrogens is 1. The van der Waals surface area contributed by atoms with Crippen LogP contribution in [-0.2, 0) is 9.47 Å². The van der Waals surface area contributed by atoms with E-state index < -0.39 is 0 Å². The molecule has 96 valence electrons. The lowest BCUT2D eigenvalue weighted by atomic mass is 10.0. The van der Waals surface area contributed by atoms with E-state index in [9.17, 15) is 0 Å². The topological polar surface area (TPSA) is 60.0 Å². The van der Waals surface area contributed by atoms with Crippen LogP contribution in [0.3, 0.4) is 0 Å². The zero-order chi connectivity index (χ0) is 12.4. The van der Waals surface area contributed by atoms with E-state index in [1.165, 1.54) is 0 Å². The van der Waals surface area contributed by atoms with Crippen molar-refractivity contribution >= 4 is 11.3 Å². The van der Waals surface area contributed by atoms with Crippen LogP contribution in [0.15, 0.2) is 17.5 Å². The summed E-state index contributed by atoms with van der Waals surface area (Å²) >= 11 is 1.63. The molecule has 2 aromatic heterocycles. The summed E-state index contributed by atoms with van der Waals surface area (Å²) < 4.78 is 10.9. The first kappa shape index (κ1) is 11.8. The molecule has 6 heteroatoms. The Kier molecular flexibility index (Phi) is 3.40. The first-order valence-corrected chi connectivity index (χ1v) is 6.83. The average Bonchev–Trinajstić information content (AvgIpc) is 3.10. The molecule has 1 saturated heterocycles. The predicted octanol–water partition coefficient (Wildman–Crippen LogP) is 2.26. The van der Waals surface area contributed by atoms with E-state index in [0.717, 1.165) is 29.6 Å². The van der Waals surface area contributed by atoms with Crippen molar-refractivity contribution in [2.24, 2.45) is 5.92 Å². The molecule has 3 rings (SSSR count). The molecule has 0 radical (unpaired) electrons. The summed E-state index contributed by atoms with van der Waals surface area (Å²) in [6, 6.07) is 4.01. The van der Waals surface area contributed by atoms with E-state index in [0.29, 0.717) is 12.5 Å². The van der Waals surface area contributed by atoms with Crippen LogP contribution in [0.25, 0.3) is 10.7 Å². The second-order valence-corrected chi connectivity index (χ2v) is 5.26. The van der Waals surface area contributed by atoms with Crippen LogP contribution in [0.4, 0.5) is 0 Å². The van der Waals surface area contributed by atoms with Crippen molar-refractivity contribution < 1.29 is 9.47 Å². The van der Waals surface area contributed by atoms with Crippen molar-refractivity contribution in [3.05, 3.63) is 23.3 Å². The molecule has 0 aromatic carbocycles. The maximum Gasteiger partial charge on any atom is 0.191 e. The van der Waals surface area contributed by atoms with Gasteiger partial charge in [-0.15, -0.1) is 11.3 Å². The van der Waals surface area contributed by atoms with Gasteiger partial charge < -0.3 is 9.47 Å². The first-order chi connectivity index (χ1) is 8.88. The van der Waals surface area contributed by atoms with Gasteiger partial charge in [0.25, 0.3) is 0 Å². The molecular formula is C12H15N3O2S. The molecule has 1 N–H and O–H groups in total. The minimum absolute atomic E-state index is 0.0221. The third-order valence-electron chi connectivity index (χ3n) is 3.11. The molecule has 2 aromatic rings. The summed E-state index contributed by atoms with van der Waals surface area (Å²) in [7, 11) is 1.72. The Labute approximate surface area is 109 Å². The van der Waals surface area contributed by atoms with Crippen molar-refractivity contribution in [3.63, 3.8) is 0 Å². The van der Waals surface area contributed by atoms with E-state index in [1.807, 2.05) is 17.5 Å². The molecule has 0 bridgehead atoms. The van der Waals surface area contributed by atoms with Crippen LogP contribution in [-0.4, -0.2) is 35.5 Å². The average molecular weight is 265 g/mol. The minimum atomic E-state index is -0.0221. The van der Waals surface area contributed by atoms with Gasteiger partial charge in [-0.05, 0) is 17.9 Å².